The number of benzene rings is 1. The molecule has 0 radical (unpaired) electrons. The molecule has 0 bridgehead atoms. The first-order valence-corrected chi connectivity index (χ1v) is 12.5. The van der Waals surface area contributed by atoms with Gasteiger partial charge in [-0.05, 0) is 35.0 Å². The van der Waals surface area contributed by atoms with E-state index in [1.54, 1.807) is 34.9 Å². The van der Waals surface area contributed by atoms with Crippen molar-refractivity contribution < 1.29 is 17.9 Å². The van der Waals surface area contributed by atoms with Crippen LogP contribution in [0.25, 0.3) is 9.88 Å². The van der Waals surface area contributed by atoms with Gasteiger partial charge in [0.1, 0.15) is 15.8 Å². The molecule has 0 aliphatic heterocycles. The van der Waals surface area contributed by atoms with E-state index in [0.717, 1.165) is 21.2 Å². The van der Waals surface area contributed by atoms with Crippen LogP contribution in [0, 0.1) is 0 Å². The van der Waals surface area contributed by atoms with Gasteiger partial charge in [0.2, 0.25) is 0 Å². The molecule has 1 N–H and O–H groups in total. The lowest BCUT2D eigenvalue weighted by Crippen LogP contribution is -2.15. The van der Waals surface area contributed by atoms with Gasteiger partial charge in [0.25, 0.3) is 10.0 Å². The molecule has 0 fully saturated rings. The normalized spacial score (nSPS) is 11.3. The first-order chi connectivity index (χ1) is 14.0. The van der Waals surface area contributed by atoms with Crippen LogP contribution >= 0.6 is 34.0 Å². The standard InChI is InChI=1S/C19H14N2O4S4/c22-19(25-11-13-12-28-18(20-13)16-7-3-9-26-16)14-5-1-2-6-15(14)21-29(23,24)17-8-4-10-27-17/h1-10,12,21H,11H2. The summed E-state index contributed by atoms with van der Waals surface area (Å²) >= 11 is 4.17. The van der Waals surface area contributed by atoms with Gasteiger partial charge >= 0.3 is 5.97 Å². The third kappa shape index (κ3) is 4.56. The van der Waals surface area contributed by atoms with E-state index in [0.29, 0.717) is 5.69 Å². The molecule has 4 rings (SSSR count). The van der Waals surface area contributed by atoms with Crippen molar-refractivity contribution in [3.05, 3.63) is 75.9 Å². The van der Waals surface area contributed by atoms with Crippen LogP contribution in [0.4, 0.5) is 5.69 Å². The molecule has 0 atom stereocenters. The van der Waals surface area contributed by atoms with Crippen molar-refractivity contribution in [1.29, 1.82) is 0 Å². The minimum atomic E-state index is -3.76. The number of nitrogens with zero attached hydrogens (tertiary/aromatic N) is 1. The maximum atomic E-state index is 12.6. The highest BCUT2D eigenvalue weighted by molar-refractivity contribution is 7.94. The van der Waals surface area contributed by atoms with Crippen LogP contribution in [0.3, 0.4) is 0 Å². The van der Waals surface area contributed by atoms with Gasteiger partial charge in [-0.1, -0.05) is 24.3 Å². The number of hydrogen-bond donors (Lipinski definition) is 1. The van der Waals surface area contributed by atoms with E-state index in [9.17, 15) is 13.2 Å². The molecule has 0 aliphatic rings. The first kappa shape index (κ1) is 19.8. The van der Waals surface area contributed by atoms with Gasteiger partial charge in [0.15, 0.2) is 0 Å². The molecule has 3 aromatic heterocycles. The van der Waals surface area contributed by atoms with E-state index in [4.69, 9.17) is 4.74 Å². The molecule has 0 saturated heterocycles. The molecule has 0 amide bonds. The summed E-state index contributed by atoms with van der Waals surface area (Å²) in [5.74, 6) is -0.625. The molecular formula is C19H14N2O4S4. The highest BCUT2D eigenvalue weighted by Gasteiger charge is 2.20. The average Bonchev–Trinajstić information content (AvgIpc) is 3.48. The lowest BCUT2D eigenvalue weighted by atomic mass is 10.2. The topological polar surface area (TPSA) is 85.4 Å². The molecule has 148 valence electrons. The predicted molar refractivity (Wildman–Crippen MR) is 116 cm³/mol. The first-order valence-electron chi connectivity index (χ1n) is 8.34. The molecule has 3 heterocycles. The third-order valence-corrected chi connectivity index (χ3v) is 8.48. The van der Waals surface area contributed by atoms with Gasteiger partial charge in [-0.15, -0.1) is 34.0 Å². The summed E-state index contributed by atoms with van der Waals surface area (Å²) in [5, 5.41) is 6.36. The Kier molecular flexibility index (Phi) is 5.76. The summed E-state index contributed by atoms with van der Waals surface area (Å²) in [5.41, 5.74) is 0.952. The quantitative estimate of drug-likeness (QED) is 0.387. The molecule has 0 saturated carbocycles. The van der Waals surface area contributed by atoms with E-state index in [2.05, 4.69) is 9.71 Å². The molecule has 4 aromatic rings. The van der Waals surface area contributed by atoms with Crippen LogP contribution in [-0.2, 0) is 21.4 Å². The van der Waals surface area contributed by atoms with E-state index >= 15 is 0 Å². The van der Waals surface area contributed by atoms with Crippen LogP contribution in [0.2, 0.25) is 0 Å². The van der Waals surface area contributed by atoms with Gasteiger partial charge in [-0.3, -0.25) is 4.72 Å². The maximum absolute atomic E-state index is 12.6. The monoisotopic (exact) mass is 462 g/mol. The number of carbonyl (C=O) groups excluding carboxylic acids is 1. The number of sulfonamides is 1. The van der Waals surface area contributed by atoms with Gasteiger partial charge in [0, 0.05) is 5.38 Å². The number of carbonyl (C=O) groups is 1. The Morgan fingerprint density at radius 3 is 2.55 bits per heavy atom. The lowest BCUT2D eigenvalue weighted by Gasteiger charge is -2.11. The Hall–Kier alpha value is -2.53. The minimum Gasteiger partial charge on any atom is -0.455 e. The van der Waals surface area contributed by atoms with E-state index in [-0.39, 0.29) is 22.1 Å². The van der Waals surface area contributed by atoms with E-state index in [1.807, 2.05) is 22.9 Å². The fourth-order valence-corrected chi connectivity index (χ4v) is 6.16. The zero-order chi connectivity index (χ0) is 20.3. The lowest BCUT2D eigenvalue weighted by molar-refractivity contribution is 0.0470. The summed E-state index contributed by atoms with van der Waals surface area (Å²) in [6.07, 6.45) is 0. The van der Waals surface area contributed by atoms with Gasteiger partial charge < -0.3 is 4.74 Å². The number of para-hydroxylation sites is 1. The van der Waals surface area contributed by atoms with Crippen LogP contribution in [-0.4, -0.2) is 19.4 Å². The summed E-state index contributed by atoms with van der Waals surface area (Å²) < 4.78 is 32.9. The number of anilines is 1. The summed E-state index contributed by atoms with van der Waals surface area (Å²) in [6.45, 7) is 0.00666. The Morgan fingerprint density at radius 2 is 1.79 bits per heavy atom. The number of esters is 1. The average molecular weight is 463 g/mol. The molecule has 10 heteroatoms. The number of ether oxygens (including phenoxy) is 1. The number of thiophene rings is 2. The maximum Gasteiger partial charge on any atom is 0.340 e. The largest absolute Gasteiger partial charge is 0.455 e. The highest BCUT2D eigenvalue weighted by Crippen LogP contribution is 2.28. The van der Waals surface area contributed by atoms with E-state index in [1.165, 1.54) is 29.5 Å². The molecule has 0 aliphatic carbocycles. The Balaban J connectivity index is 1.47. The number of nitrogens with one attached hydrogen (secondary N) is 1. The van der Waals surface area contributed by atoms with Gasteiger partial charge in [0.05, 0.1) is 21.8 Å². The number of thiazole rings is 1. The van der Waals surface area contributed by atoms with Crippen molar-refractivity contribution in [3.8, 4) is 9.88 Å². The molecule has 0 spiro atoms. The SMILES string of the molecule is O=C(OCc1csc(-c2cccs2)n1)c1ccccc1NS(=O)(=O)c1cccs1. The van der Waals surface area contributed by atoms with Gasteiger partial charge in [-0.2, -0.15) is 0 Å². The second kappa shape index (κ2) is 8.46. The number of aromatic nitrogens is 1. The van der Waals surface area contributed by atoms with Crippen molar-refractivity contribution >= 4 is 55.7 Å². The summed E-state index contributed by atoms with van der Waals surface area (Å²) in [6, 6.07) is 13.4. The Morgan fingerprint density at radius 1 is 1.00 bits per heavy atom. The molecule has 29 heavy (non-hydrogen) atoms. The predicted octanol–water partition coefficient (Wildman–Crippen LogP) is 5.09. The van der Waals surface area contributed by atoms with Crippen molar-refractivity contribution in [1.82, 2.24) is 4.98 Å². The van der Waals surface area contributed by atoms with Crippen LogP contribution in [0.1, 0.15) is 16.1 Å². The Labute approximate surface area is 179 Å². The number of hydrogen-bond acceptors (Lipinski definition) is 8. The molecular weight excluding hydrogens is 448 g/mol. The fourth-order valence-electron chi connectivity index (χ4n) is 2.47. The zero-order valence-electron chi connectivity index (χ0n) is 14.8. The fraction of sp³-hybridized carbons (Fsp3) is 0.0526. The van der Waals surface area contributed by atoms with Crippen molar-refractivity contribution in [2.24, 2.45) is 0 Å². The minimum absolute atomic E-state index is 0.00666. The molecule has 0 unspecified atom stereocenters. The van der Waals surface area contributed by atoms with Crippen molar-refractivity contribution in [2.75, 3.05) is 4.72 Å². The summed E-state index contributed by atoms with van der Waals surface area (Å²) in [4.78, 5) is 18.1. The van der Waals surface area contributed by atoms with Crippen molar-refractivity contribution in [3.63, 3.8) is 0 Å². The third-order valence-electron chi connectivity index (χ3n) is 3.79. The number of rotatable bonds is 7. The molecule has 1 aromatic carbocycles. The Bertz CT molecular complexity index is 1210. The zero-order valence-corrected chi connectivity index (χ0v) is 18.0. The van der Waals surface area contributed by atoms with Crippen LogP contribution in [0.5, 0.6) is 0 Å². The smallest absolute Gasteiger partial charge is 0.340 e. The van der Waals surface area contributed by atoms with E-state index < -0.39 is 16.0 Å². The van der Waals surface area contributed by atoms with Crippen molar-refractivity contribution in [2.45, 2.75) is 10.8 Å². The second-order valence-corrected chi connectivity index (χ2v) is 10.4. The highest BCUT2D eigenvalue weighted by atomic mass is 32.2. The van der Waals surface area contributed by atoms with Gasteiger partial charge in [-0.25, -0.2) is 18.2 Å². The van der Waals surface area contributed by atoms with Crippen LogP contribution in [0.15, 0.2) is 68.9 Å². The van der Waals surface area contributed by atoms with Crippen LogP contribution < -0.4 is 4.72 Å². The molecule has 6 nitrogen and oxygen atoms in total. The summed E-state index contributed by atoms with van der Waals surface area (Å²) in [7, 11) is -3.76. The second-order valence-electron chi connectivity index (χ2n) is 5.78.